The van der Waals surface area contributed by atoms with Crippen molar-refractivity contribution in [2.45, 2.75) is 57.1 Å². The van der Waals surface area contributed by atoms with E-state index in [0.717, 1.165) is 18.4 Å². The summed E-state index contributed by atoms with van der Waals surface area (Å²) in [4.78, 5) is 23.3. The van der Waals surface area contributed by atoms with Gasteiger partial charge < -0.3 is 14.2 Å². The second-order valence-corrected chi connectivity index (χ2v) is 10.5. The number of carbonyl (C=O) groups excluding carboxylic acids is 1. The van der Waals surface area contributed by atoms with Crippen LogP contribution in [0.25, 0.3) is 0 Å². The Labute approximate surface area is 216 Å². The molecule has 0 fully saturated rings. The van der Waals surface area contributed by atoms with Crippen molar-refractivity contribution in [1.29, 1.82) is 0 Å². The monoisotopic (exact) mass is 492 g/mol. The normalized spacial score (nSPS) is 26.0. The van der Waals surface area contributed by atoms with Crippen LogP contribution in [0.3, 0.4) is 0 Å². The maximum absolute atomic E-state index is 13.2. The van der Waals surface area contributed by atoms with Crippen LogP contribution in [-0.4, -0.2) is 30.0 Å². The van der Waals surface area contributed by atoms with Crippen LogP contribution in [0.5, 0.6) is 0 Å². The molecular weight excluding hydrogens is 464 g/mol. The van der Waals surface area contributed by atoms with E-state index in [4.69, 9.17) is 24.2 Å². The first-order valence-corrected chi connectivity index (χ1v) is 12.9. The first-order valence-electron chi connectivity index (χ1n) is 12.9. The molecule has 0 bridgehead atoms. The number of benzene rings is 3. The number of rotatable bonds is 6. The Bertz CT molecular complexity index is 1350. The molecule has 2 aliphatic carbocycles. The highest BCUT2D eigenvalue weighted by Gasteiger charge is 2.53. The van der Waals surface area contributed by atoms with Crippen LogP contribution < -0.4 is 0 Å². The van der Waals surface area contributed by atoms with Gasteiger partial charge in [0.15, 0.2) is 0 Å². The first-order chi connectivity index (χ1) is 18.1. The van der Waals surface area contributed by atoms with E-state index in [-0.39, 0.29) is 43.3 Å². The van der Waals surface area contributed by atoms with E-state index in [2.05, 4.69) is 36.4 Å². The number of carbonyl (C=O) groups is 1. The summed E-state index contributed by atoms with van der Waals surface area (Å²) in [7, 11) is 0. The molecule has 0 saturated carbocycles. The Morgan fingerprint density at radius 1 is 0.811 bits per heavy atom. The highest BCUT2D eigenvalue weighted by atomic mass is 16.5. The van der Waals surface area contributed by atoms with Gasteiger partial charge in [-0.3, -0.25) is 4.79 Å². The summed E-state index contributed by atoms with van der Waals surface area (Å²) in [5, 5.41) is 0. The van der Waals surface area contributed by atoms with Gasteiger partial charge in [0.25, 0.3) is 0 Å². The smallest absolute Gasteiger partial charge is 0.307 e. The van der Waals surface area contributed by atoms with Gasteiger partial charge in [0.05, 0.1) is 6.42 Å². The molecule has 2 aliphatic heterocycles. The molecule has 0 saturated heterocycles. The van der Waals surface area contributed by atoms with Crippen molar-refractivity contribution in [1.82, 2.24) is 0 Å². The number of nitrogens with zero attached hydrogens (tertiary/aromatic N) is 2. The molecule has 0 amide bonds. The van der Waals surface area contributed by atoms with Crippen molar-refractivity contribution in [3.63, 3.8) is 0 Å². The second-order valence-electron chi connectivity index (χ2n) is 10.5. The lowest BCUT2D eigenvalue weighted by molar-refractivity contribution is -0.146. The molecular formula is C31H28N2O4. The van der Waals surface area contributed by atoms with E-state index >= 15 is 0 Å². The summed E-state index contributed by atoms with van der Waals surface area (Å²) in [6.45, 7) is 2.17. The molecule has 0 aromatic heterocycles. The largest absolute Gasteiger partial charge is 0.474 e. The lowest BCUT2D eigenvalue weighted by atomic mass is 9.85. The third-order valence-electron chi connectivity index (χ3n) is 8.02. The summed E-state index contributed by atoms with van der Waals surface area (Å²) in [5.74, 6) is 0.695. The fourth-order valence-corrected chi connectivity index (χ4v) is 6.06. The van der Waals surface area contributed by atoms with Crippen LogP contribution in [0, 0.1) is 5.41 Å². The summed E-state index contributed by atoms with van der Waals surface area (Å²) >= 11 is 0. The van der Waals surface area contributed by atoms with E-state index in [9.17, 15) is 4.79 Å². The quantitative estimate of drug-likeness (QED) is 0.437. The van der Waals surface area contributed by atoms with Crippen molar-refractivity contribution in [2.75, 3.05) is 0 Å². The Hall–Kier alpha value is -3.93. The Kier molecular flexibility index (Phi) is 5.17. The van der Waals surface area contributed by atoms with Crippen molar-refractivity contribution in [3.8, 4) is 0 Å². The van der Waals surface area contributed by atoms with E-state index < -0.39 is 5.41 Å². The summed E-state index contributed by atoms with van der Waals surface area (Å²) < 4.78 is 18.6. The molecule has 0 spiro atoms. The van der Waals surface area contributed by atoms with Crippen LogP contribution in [0.15, 0.2) is 88.8 Å². The number of fused-ring (bicyclic) bond motifs is 6. The van der Waals surface area contributed by atoms with Gasteiger partial charge in [-0.25, -0.2) is 9.98 Å². The lowest BCUT2D eigenvalue weighted by Gasteiger charge is -2.28. The van der Waals surface area contributed by atoms with Gasteiger partial charge in [0.1, 0.15) is 36.3 Å². The number of aliphatic imine (C=N–C) groups is 2. The molecule has 0 radical (unpaired) electrons. The van der Waals surface area contributed by atoms with Crippen LogP contribution in [0.2, 0.25) is 0 Å². The van der Waals surface area contributed by atoms with Gasteiger partial charge >= 0.3 is 5.97 Å². The van der Waals surface area contributed by atoms with Crippen LogP contribution in [0.4, 0.5) is 0 Å². The third kappa shape index (κ3) is 3.74. The maximum Gasteiger partial charge on any atom is 0.307 e. The second kappa shape index (κ2) is 8.58. The third-order valence-corrected chi connectivity index (χ3v) is 8.02. The van der Waals surface area contributed by atoms with Gasteiger partial charge in [-0.05, 0) is 34.7 Å². The SMILES string of the molecule is CC(CC(=O)OCc1ccccc1)(C1=NC2c3ccccc3C[C@H]2O1)C1=NC2c3ccccc3C[C@H]2O1. The average molecular weight is 493 g/mol. The Morgan fingerprint density at radius 3 is 1.89 bits per heavy atom. The number of hydrogen-bond donors (Lipinski definition) is 0. The van der Waals surface area contributed by atoms with E-state index in [0.29, 0.717) is 11.8 Å². The molecule has 3 aromatic rings. The van der Waals surface area contributed by atoms with Crippen molar-refractivity contribution in [3.05, 3.63) is 107 Å². The minimum Gasteiger partial charge on any atom is -0.474 e. The van der Waals surface area contributed by atoms with Crippen LogP contribution in [-0.2, 0) is 38.5 Å². The van der Waals surface area contributed by atoms with Gasteiger partial charge in [-0.2, -0.15) is 0 Å². The van der Waals surface area contributed by atoms with Crippen molar-refractivity contribution >= 4 is 17.8 Å². The van der Waals surface area contributed by atoms with Gasteiger partial charge in [0.2, 0.25) is 11.8 Å². The molecule has 2 unspecified atom stereocenters. The lowest BCUT2D eigenvalue weighted by Crippen LogP contribution is -2.41. The molecule has 6 heteroatoms. The van der Waals surface area contributed by atoms with E-state index in [1.807, 2.05) is 49.4 Å². The average Bonchev–Trinajstić information content (AvgIpc) is 3.67. The van der Waals surface area contributed by atoms with Gasteiger partial charge in [0, 0.05) is 12.8 Å². The molecule has 4 aliphatic rings. The number of esters is 1. The highest BCUT2D eigenvalue weighted by molar-refractivity contribution is 6.08. The molecule has 6 nitrogen and oxygen atoms in total. The van der Waals surface area contributed by atoms with Gasteiger partial charge in [-0.15, -0.1) is 0 Å². The molecule has 7 rings (SSSR count). The maximum atomic E-state index is 13.2. The Balaban J connectivity index is 1.20. The molecule has 37 heavy (non-hydrogen) atoms. The van der Waals surface area contributed by atoms with Gasteiger partial charge in [-0.1, -0.05) is 78.9 Å². The zero-order valence-corrected chi connectivity index (χ0v) is 20.7. The molecule has 186 valence electrons. The molecule has 2 heterocycles. The molecule has 0 N–H and O–H groups in total. The van der Waals surface area contributed by atoms with Crippen molar-refractivity contribution in [2.24, 2.45) is 15.4 Å². The molecule has 4 atom stereocenters. The minimum atomic E-state index is -0.952. The summed E-state index contributed by atoms with van der Waals surface area (Å²) in [5.41, 5.74) is 4.91. The predicted molar refractivity (Wildman–Crippen MR) is 139 cm³/mol. The fraction of sp³-hybridized carbons (Fsp3) is 0.323. The highest BCUT2D eigenvalue weighted by Crippen LogP contribution is 2.47. The fourth-order valence-electron chi connectivity index (χ4n) is 6.06. The number of hydrogen-bond acceptors (Lipinski definition) is 6. The first kappa shape index (κ1) is 22.3. The van der Waals surface area contributed by atoms with E-state index in [1.165, 1.54) is 22.3 Å². The summed E-state index contributed by atoms with van der Waals surface area (Å²) in [6, 6.07) is 26.2. The van der Waals surface area contributed by atoms with Crippen LogP contribution >= 0.6 is 0 Å². The number of ether oxygens (including phenoxy) is 3. The van der Waals surface area contributed by atoms with Crippen molar-refractivity contribution < 1.29 is 19.0 Å². The summed E-state index contributed by atoms with van der Waals surface area (Å²) in [6.07, 6.45) is 1.49. The minimum absolute atomic E-state index is 0.0413. The predicted octanol–water partition coefficient (Wildman–Crippen LogP) is 5.32. The topological polar surface area (TPSA) is 69.5 Å². The Morgan fingerprint density at radius 2 is 1.32 bits per heavy atom. The zero-order chi connectivity index (χ0) is 25.0. The molecule has 3 aromatic carbocycles. The zero-order valence-electron chi connectivity index (χ0n) is 20.7. The standard InChI is InChI=1S/C31H28N2O4/c1-31(17-26(34)35-18-19-9-3-2-4-10-19,29-32-27-22-13-7-5-11-20(22)15-24(27)36-29)30-33-28-23-14-8-6-12-21(23)16-25(28)37-30/h2-14,24-25,27-28H,15-18H2,1H3/t24-,25-,27?,28?,31?/m1/s1. The van der Waals surface area contributed by atoms with E-state index in [1.54, 1.807) is 0 Å². The van der Waals surface area contributed by atoms with Crippen LogP contribution in [0.1, 0.15) is 53.2 Å².